The average Bonchev–Trinajstić information content (AvgIpc) is 1.97. The van der Waals surface area contributed by atoms with Crippen LogP contribution in [-0.2, 0) is 9.53 Å². The molecule has 1 unspecified atom stereocenters. The second-order valence-corrected chi connectivity index (χ2v) is 2.76. The Balaban J connectivity index is 2.22. The number of amides is 1. The van der Waals surface area contributed by atoms with E-state index in [9.17, 15) is 4.79 Å². The third-order valence-corrected chi connectivity index (χ3v) is 1.66. The first-order valence-electron chi connectivity index (χ1n) is 3.81. The molecule has 0 aliphatic carbocycles. The van der Waals surface area contributed by atoms with Gasteiger partial charge in [-0.1, -0.05) is 0 Å². The lowest BCUT2D eigenvalue weighted by Crippen LogP contribution is -2.53. The highest BCUT2D eigenvalue weighted by atomic mass is 16.5. The van der Waals surface area contributed by atoms with Gasteiger partial charge in [0.1, 0.15) is 0 Å². The summed E-state index contributed by atoms with van der Waals surface area (Å²) in [5, 5.41) is 2.72. The summed E-state index contributed by atoms with van der Waals surface area (Å²) < 4.78 is 4.88. The number of rotatable bonds is 3. The van der Waals surface area contributed by atoms with Crippen molar-refractivity contribution in [3.8, 4) is 12.3 Å². The van der Waals surface area contributed by atoms with Crippen molar-refractivity contribution in [2.45, 2.75) is 18.5 Å². The van der Waals surface area contributed by atoms with E-state index in [4.69, 9.17) is 16.9 Å². The number of hydrogen-bond donors (Lipinski definition) is 2. The highest BCUT2D eigenvalue weighted by molar-refractivity contribution is 5.82. The SMILES string of the molecule is C#CCC(N)C(=O)NC1COC1. The van der Waals surface area contributed by atoms with Gasteiger partial charge in [-0.25, -0.2) is 0 Å². The Morgan fingerprint density at radius 3 is 2.92 bits per heavy atom. The maximum absolute atomic E-state index is 11.1. The summed E-state index contributed by atoms with van der Waals surface area (Å²) in [4.78, 5) is 11.1. The summed E-state index contributed by atoms with van der Waals surface area (Å²) in [6.45, 7) is 1.16. The number of carbonyl (C=O) groups excluding carboxylic acids is 1. The van der Waals surface area contributed by atoms with E-state index in [1.165, 1.54) is 0 Å². The maximum atomic E-state index is 11.1. The Labute approximate surface area is 71.5 Å². The fraction of sp³-hybridized carbons (Fsp3) is 0.625. The van der Waals surface area contributed by atoms with Crippen LogP contribution < -0.4 is 11.1 Å². The molecule has 66 valence electrons. The van der Waals surface area contributed by atoms with Crippen LogP contribution in [-0.4, -0.2) is 31.2 Å². The van der Waals surface area contributed by atoms with Crippen LogP contribution in [0.4, 0.5) is 0 Å². The molecule has 1 aliphatic heterocycles. The van der Waals surface area contributed by atoms with Gasteiger partial charge in [-0.05, 0) is 0 Å². The van der Waals surface area contributed by atoms with Crippen molar-refractivity contribution in [3.63, 3.8) is 0 Å². The number of nitrogens with two attached hydrogens (primary N) is 1. The molecular formula is C8H12N2O2. The minimum atomic E-state index is -0.587. The molecule has 0 spiro atoms. The average molecular weight is 168 g/mol. The predicted octanol–water partition coefficient (Wildman–Crippen LogP) is -1.15. The lowest BCUT2D eigenvalue weighted by Gasteiger charge is -2.27. The summed E-state index contributed by atoms with van der Waals surface area (Å²) in [7, 11) is 0. The lowest BCUT2D eigenvalue weighted by atomic mass is 10.2. The van der Waals surface area contributed by atoms with Gasteiger partial charge in [-0.2, -0.15) is 0 Å². The van der Waals surface area contributed by atoms with Crippen LogP contribution in [0.2, 0.25) is 0 Å². The summed E-state index contributed by atoms with van der Waals surface area (Å²) in [5.41, 5.74) is 5.46. The molecule has 1 atom stereocenters. The van der Waals surface area contributed by atoms with E-state index in [0.29, 0.717) is 13.2 Å². The molecule has 0 saturated carbocycles. The minimum Gasteiger partial charge on any atom is -0.377 e. The first-order valence-corrected chi connectivity index (χ1v) is 3.81. The van der Waals surface area contributed by atoms with E-state index in [0.717, 1.165) is 0 Å². The third-order valence-electron chi connectivity index (χ3n) is 1.66. The number of hydrogen-bond acceptors (Lipinski definition) is 3. The van der Waals surface area contributed by atoms with Crippen molar-refractivity contribution in [2.24, 2.45) is 5.73 Å². The van der Waals surface area contributed by atoms with Crippen molar-refractivity contribution in [1.29, 1.82) is 0 Å². The Hall–Kier alpha value is -1.05. The number of nitrogens with one attached hydrogen (secondary N) is 1. The topological polar surface area (TPSA) is 64.4 Å². The van der Waals surface area contributed by atoms with Crippen LogP contribution in [0.5, 0.6) is 0 Å². The minimum absolute atomic E-state index is 0.126. The van der Waals surface area contributed by atoms with E-state index in [1.807, 2.05) is 0 Å². The van der Waals surface area contributed by atoms with Gasteiger partial charge in [-0.15, -0.1) is 12.3 Å². The Bertz CT molecular complexity index is 206. The molecule has 3 N–H and O–H groups in total. The largest absolute Gasteiger partial charge is 0.377 e. The Kier molecular flexibility index (Phi) is 3.09. The molecule has 1 amide bonds. The van der Waals surface area contributed by atoms with E-state index in [2.05, 4.69) is 11.2 Å². The lowest BCUT2D eigenvalue weighted by molar-refractivity contribution is -0.126. The molecule has 1 aliphatic rings. The second-order valence-electron chi connectivity index (χ2n) is 2.76. The van der Waals surface area contributed by atoms with Crippen molar-refractivity contribution < 1.29 is 9.53 Å². The van der Waals surface area contributed by atoms with Crippen LogP contribution in [0.15, 0.2) is 0 Å². The van der Waals surface area contributed by atoms with Crippen LogP contribution >= 0.6 is 0 Å². The van der Waals surface area contributed by atoms with Crippen molar-refractivity contribution in [2.75, 3.05) is 13.2 Å². The molecular weight excluding hydrogens is 156 g/mol. The molecule has 0 aromatic heterocycles. The van der Waals surface area contributed by atoms with Crippen molar-refractivity contribution in [3.05, 3.63) is 0 Å². The molecule has 1 fully saturated rings. The van der Waals surface area contributed by atoms with Crippen LogP contribution in [0, 0.1) is 12.3 Å². The van der Waals surface area contributed by atoms with Gasteiger partial charge in [0.05, 0.1) is 25.3 Å². The summed E-state index contributed by atoms with van der Waals surface area (Å²) in [6.07, 6.45) is 5.29. The summed E-state index contributed by atoms with van der Waals surface area (Å²) in [5.74, 6) is 2.15. The van der Waals surface area contributed by atoms with E-state index >= 15 is 0 Å². The zero-order chi connectivity index (χ0) is 8.97. The normalized spacial score (nSPS) is 19.0. The molecule has 4 nitrogen and oxygen atoms in total. The van der Waals surface area contributed by atoms with Gasteiger partial charge in [0.15, 0.2) is 0 Å². The summed E-state index contributed by atoms with van der Waals surface area (Å²) >= 11 is 0. The molecule has 1 saturated heterocycles. The monoisotopic (exact) mass is 168 g/mol. The van der Waals surface area contributed by atoms with Gasteiger partial charge in [-0.3, -0.25) is 4.79 Å². The maximum Gasteiger partial charge on any atom is 0.238 e. The van der Waals surface area contributed by atoms with Gasteiger partial charge < -0.3 is 15.8 Å². The summed E-state index contributed by atoms with van der Waals surface area (Å²) in [6, 6.07) is -0.461. The Morgan fingerprint density at radius 1 is 1.83 bits per heavy atom. The van der Waals surface area contributed by atoms with E-state index in [-0.39, 0.29) is 18.4 Å². The second kappa shape index (κ2) is 4.10. The highest BCUT2D eigenvalue weighted by Gasteiger charge is 2.22. The van der Waals surface area contributed by atoms with Crippen molar-refractivity contribution in [1.82, 2.24) is 5.32 Å². The zero-order valence-electron chi connectivity index (χ0n) is 6.75. The van der Waals surface area contributed by atoms with Gasteiger partial charge in [0, 0.05) is 6.42 Å². The van der Waals surface area contributed by atoms with Gasteiger partial charge in [0.2, 0.25) is 5.91 Å². The number of carbonyl (C=O) groups is 1. The molecule has 0 aromatic carbocycles. The standard InChI is InChI=1S/C8H12N2O2/c1-2-3-7(9)8(11)10-6-4-12-5-6/h1,6-7H,3-5,9H2,(H,10,11). The van der Waals surface area contributed by atoms with E-state index < -0.39 is 6.04 Å². The van der Waals surface area contributed by atoms with Crippen LogP contribution in [0.25, 0.3) is 0 Å². The smallest absolute Gasteiger partial charge is 0.238 e. The predicted molar refractivity (Wildman–Crippen MR) is 44.2 cm³/mol. The quantitative estimate of drug-likeness (QED) is 0.523. The number of terminal acetylenes is 1. The first kappa shape index (κ1) is 9.04. The molecule has 1 heterocycles. The molecule has 0 aromatic rings. The zero-order valence-corrected chi connectivity index (χ0v) is 6.75. The fourth-order valence-corrected chi connectivity index (χ4v) is 0.847. The van der Waals surface area contributed by atoms with Gasteiger partial charge >= 0.3 is 0 Å². The fourth-order valence-electron chi connectivity index (χ4n) is 0.847. The molecule has 0 bridgehead atoms. The molecule has 1 rings (SSSR count). The van der Waals surface area contributed by atoms with Crippen LogP contribution in [0.3, 0.4) is 0 Å². The van der Waals surface area contributed by atoms with E-state index in [1.54, 1.807) is 0 Å². The Morgan fingerprint density at radius 2 is 2.50 bits per heavy atom. The third kappa shape index (κ3) is 2.22. The highest BCUT2D eigenvalue weighted by Crippen LogP contribution is 1.99. The van der Waals surface area contributed by atoms with Crippen LogP contribution in [0.1, 0.15) is 6.42 Å². The van der Waals surface area contributed by atoms with Crippen molar-refractivity contribution >= 4 is 5.91 Å². The first-order chi connectivity index (χ1) is 5.74. The molecule has 4 heteroatoms. The molecule has 0 radical (unpaired) electrons. The molecule has 12 heavy (non-hydrogen) atoms. The van der Waals surface area contributed by atoms with Gasteiger partial charge in [0.25, 0.3) is 0 Å². The number of ether oxygens (including phenoxy) is 1.